The molecule has 0 aliphatic rings. The molecule has 0 rings (SSSR count). The smallest absolute Gasteiger partial charge is 0.136 e. The van der Waals surface area contributed by atoms with Crippen molar-refractivity contribution in [3.63, 3.8) is 0 Å². The maximum Gasteiger partial charge on any atom is 0.263 e. The van der Waals surface area contributed by atoms with Crippen molar-refractivity contribution >= 4 is 18.7 Å². The first-order valence-electron chi connectivity index (χ1n) is 3.43. The van der Waals surface area contributed by atoms with E-state index in [4.69, 9.17) is 11.8 Å². The Balaban J connectivity index is 2.97. The second-order valence-corrected chi connectivity index (χ2v) is 5.01. The Labute approximate surface area is 63.7 Å². The minimum atomic E-state index is -0.257. The Hall–Kier alpha value is 0.480. The van der Waals surface area contributed by atoms with Gasteiger partial charge in [-0.15, -0.1) is 5.09 Å². The summed E-state index contributed by atoms with van der Waals surface area (Å²) in [5.74, 6) is 0. The highest BCUT2D eigenvalue weighted by atomic mass is 32.4. The molecular weight excluding hydrogens is 149 g/mol. The highest BCUT2D eigenvalue weighted by Gasteiger charge is 2.02. The predicted molar refractivity (Wildman–Crippen MR) is 47.7 cm³/mol. The van der Waals surface area contributed by atoms with Crippen molar-refractivity contribution in [1.82, 2.24) is 5.09 Å². The Morgan fingerprint density at radius 1 is 1.44 bits per heavy atom. The van der Waals surface area contributed by atoms with Crippen LogP contribution < -0.4 is 5.09 Å². The lowest BCUT2D eigenvalue weighted by molar-refractivity contribution is 0.776. The third kappa shape index (κ3) is 6.36. The van der Waals surface area contributed by atoms with Crippen LogP contribution in [0, 0.1) is 0 Å². The zero-order valence-corrected chi connectivity index (χ0v) is 7.89. The lowest BCUT2D eigenvalue weighted by Crippen LogP contribution is -1.93. The van der Waals surface area contributed by atoms with Crippen LogP contribution in [0.4, 0.5) is 0 Å². The summed E-state index contributed by atoms with van der Waals surface area (Å²) in [6.45, 7) is 1.96. The summed E-state index contributed by atoms with van der Waals surface area (Å²) in [6.07, 6.45) is 5.13. The van der Waals surface area contributed by atoms with Gasteiger partial charge in [0.15, 0.2) is 11.8 Å². The molecule has 3 heteroatoms. The van der Waals surface area contributed by atoms with Gasteiger partial charge in [0.1, 0.15) is 6.16 Å². The fraction of sp³-hybridized carbons (Fsp3) is 1.00. The van der Waals surface area contributed by atoms with Crippen LogP contribution in [0.15, 0.2) is 0 Å². The fourth-order valence-corrected chi connectivity index (χ4v) is 1.74. The highest BCUT2D eigenvalue weighted by molar-refractivity contribution is 8.04. The van der Waals surface area contributed by atoms with E-state index < -0.39 is 0 Å². The summed E-state index contributed by atoms with van der Waals surface area (Å²) in [4.78, 5) is 0. The van der Waals surface area contributed by atoms with E-state index in [1.54, 1.807) is 0 Å². The number of nitrogens with one attached hydrogen (secondary N) is 1. The average Bonchev–Trinajstić information content (AvgIpc) is 1.89. The topological polar surface area (TPSA) is 12.0 Å². The lowest BCUT2D eigenvalue weighted by atomic mass is 10.3. The summed E-state index contributed by atoms with van der Waals surface area (Å²) in [5.41, 5.74) is 0. The lowest BCUT2D eigenvalue weighted by Gasteiger charge is -1.88. The van der Waals surface area contributed by atoms with Crippen LogP contribution in [0.5, 0.6) is 0 Å². The van der Waals surface area contributed by atoms with Gasteiger partial charge in [-0.05, 0) is 12.8 Å². The zero-order valence-electron chi connectivity index (χ0n) is 6.18. The molecule has 0 aromatic heterocycles. The Morgan fingerprint density at radius 3 is 2.56 bits per heavy atom. The number of hydrogen-bond donors (Lipinski definition) is 1. The molecule has 0 aromatic carbocycles. The average molecular weight is 164 g/mol. The zero-order chi connectivity index (χ0) is 7.11. The molecule has 1 atom stereocenters. The third-order valence-electron chi connectivity index (χ3n) is 1.21. The second-order valence-electron chi connectivity index (χ2n) is 2.03. The van der Waals surface area contributed by atoms with E-state index in [1.807, 2.05) is 7.05 Å². The van der Waals surface area contributed by atoms with Crippen LogP contribution in [-0.4, -0.2) is 13.2 Å². The maximum atomic E-state index is 5.11. The van der Waals surface area contributed by atoms with Crippen LogP contribution in [0.3, 0.4) is 0 Å². The van der Waals surface area contributed by atoms with E-state index in [0.717, 1.165) is 0 Å². The van der Waals surface area contributed by atoms with E-state index in [9.17, 15) is 0 Å². The Morgan fingerprint density at radius 2 is 2.11 bits per heavy atom. The highest BCUT2D eigenvalue weighted by Crippen LogP contribution is 2.15. The van der Waals surface area contributed by atoms with Gasteiger partial charge >= 0.3 is 0 Å². The SMILES string of the molecule is CCCCC[P+](=S)NC. The molecule has 0 heterocycles. The molecule has 0 bridgehead atoms. The van der Waals surface area contributed by atoms with Crippen LogP contribution >= 0.6 is 6.85 Å². The van der Waals surface area contributed by atoms with Crippen molar-refractivity contribution < 1.29 is 0 Å². The van der Waals surface area contributed by atoms with E-state index >= 15 is 0 Å². The van der Waals surface area contributed by atoms with Gasteiger partial charge in [-0.2, -0.15) is 0 Å². The van der Waals surface area contributed by atoms with E-state index in [2.05, 4.69) is 12.0 Å². The monoisotopic (exact) mass is 164 g/mol. The number of unbranched alkanes of at least 4 members (excludes halogenated alkanes) is 2. The largest absolute Gasteiger partial charge is 0.263 e. The van der Waals surface area contributed by atoms with Crippen LogP contribution in [0.25, 0.3) is 0 Å². The third-order valence-corrected chi connectivity index (χ3v) is 3.53. The van der Waals surface area contributed by atoms with Crippen LogP contribution in [0.2, 0.25) is 0 Å². The van der Waals surface area contributed by atoms with Gasteiger partial charge in [0.2, 0.25) is 0 Å². The standard InChI is InChI=1S/C6H15NPS/c1-3-4-5-6-8(9)7-2/h3-6H2,1-2H3,(H,7,9)/q+1. The molecule has 0 radical (unpaired) electrons. The normalized spacial score (nSPS) is 11.6. The summed E-state index contributed by atoms with van der Waals surface area (Å²) in [6, 6.07) is 0. The minimum absolute atomic E-state index is 0.257. The van der Waals surface area contributed by atoms with E-state index in [1.165, 1.54) is 25.4 Å². The minimum Gasteiger partial charge on any atom is -0.136 e. The molecule has 0 saturated heterocycles. The molecule has 1 N–H and O–H groups in total. The summed E-state index contributed by atoms with van der Waals surface area (Å²) < 4.78 is 0. The van der Waals surface area contributed by atoms with Crippen LogP contribution in [0.1, 0.15) is 26.2 Å². The summed E-state index contributed by atoms with van der Waals surface area (Å²) in [7, 11) is 1.95. The first kappa shape index (κ1) is 9.48. The molecule has 0 aliphatic carbocycles. The van der Waals surface area contributed by atoms with Crippen molar-refractivity contribution in [2.45, 2.75) is 26.2 Å². The first-order valence-corrected chi connectivity index (χ1v) is 5.97. The molecular formula is C6H15NPS+. The Kier molecular flexibility index (Phi) is 6.95. The van der Waals surface area contributed by atoms with Gasteiger partial charge in [-0.25, -0.2) is 0 Å². The molecule has 9 heavy (non-hydrogen) atoms. The molecule has 1 unspecified atom stereocenters. The first-order chi connectivity index (χ1) is 4.31. The van der Waals surface area contributed by atoms with Crippen molar-refractivity contribution in [2.24, 2.45) is 0 Å². The summed E-state index contributed by atoms with van der Waals surface area (Å²) in [5, 5.41) is 3.10. The van der Waals surface area contributed by atoms with Gasteiger partial charge in [-0.1, -0.05) is 13.3 Å². The fourth-order valence-electron chi connectivity index (χ4n) is 0.617. The van der Waals surface area contributed by atoms with Gasteiger partial charge in [-0.3, -0.25) is 0 Å². The predicted octanol–water partition coefficient (Wildman–Crippen LogP) is 2.25. The molecule has 0 amide bonds. The van der Waals surface area contributed by atoms with Crippen molar-refractivity contribution in [3.05, 3.63) is 0 Å². The molecule has 0 aliphatic heterocycles. The van der Waals surface area contributed by atoms with E-state index in [-0.39, 0.29) is 6.85 Å². The molecule has 0 spiro atoms. The van der Waals surface area contributed by atoms with E-state index in [0.29, 0.717) is 0 Å². The number of rotatable bonds is 5. The Bertz CT molecular complexity index is 85.1. The number of hydrogen-bond acceptors (Lipinski definition) is 1. The van der Waals surface area contributed by atoms with Gasteiger partial charge in [0.05, 0.1) is 0 Å². The van der Waals surface area contributed by atoms with Gasteiger partial charge in [0, 0.05) is 7.05 Å². The maximum absolute atomic E-state index is 5.11. The quantitative estimate of drug-likeness (QED) is 0.494. The van der Waals surface area contributed by atoms with Gasteiger partial charge in [0.25, 0.3) is 6.85 Å². The van der Waals surface area contributed by atoms with Gasteiger partial charge < -0.3 is 0 Å². The summed E-state index contributed by atoms with van der Waals surface area (Å²) >= 11 is 5.11. The molecule has 1 nitrogen and oxygen atoms in total. The van der Waals surface area contributed by atoms with Crippen LogP contribution in [-0.2, 0) is 11.8 Å². The molecule has 0 fully saturated rings. The molecule has 0 aromatic rings. The van der Waals surface area contributed by atoms with Crippen molar-refractivity contribution in [2.75, 3.05) is 13.2 Å². The molecule has 0 saturated carbocycles. The second kappa shape index (κ2) is 6.60. The van der Waals surface area contributed by atoms with Crippen molar-refractivity contribution in [3.8, 4) is 0 Å². The molecule has 54 valence electrons. The van der Waals surface area contributed by atoms with Crippen molar-refractivity contribution in [1.29, 1.82) is 0 Å².